The number of carbonyl (C=O) groups excluding carboxylic acids is 4. The monoisotopic (exact) mass is 614 g/mol. The van der Waals surface area contributed by atoms with Crippen LogP contribution in [0.25, 0.3) is 5.69 Å². The zero-order valence-electron chi connectivity index (χ0n) is 25.3. The summed E-state index contributed by atoms with van der Waals surface area (Å²) in [5.74, 6) is 0.370. The third-order valence-corrected chi connectivity index (χ3v) is 8.28. The van der Waals surface area contributed by atoms with Gasteiger partial charge in [-0.15, -0.1) is 5.10 Å². The number of amides is 4. The molecule has 14 heteroatoms. The Morgan fingerprint density at radius 1 is 1.13 bits per heavy atom. The van der Waals surface area contributed by atoms with Crippen LogP contribution in [0.2, 0.25) is 0 Å². The summed E-state index contributed by atoms with van der Waals surface area (Å²) in [6, 6.07) is 10.4. The Morgan fingerprint density at radius 2 is 1.93 bits per heavy atom. The van der Waals surface area contributed by atoms with E-state index < -0.39 is 23.0 Å². The molecule has 1 fully saturated rings. The fourth-order valence-electron chi connectivity index (χ4n) is 6.26. The van der Waals surface area contributed by atoms with Gasteiger partial charge in [-0.2, -0.15) is 4.68 Å². The molecular weight excluding hydrogens is 580 g/mol. The van der Waals surface area contributed by atoms with Crippen LogP contribution in [-0.2, 0) is 33.0 Å². The van der Waals surface area contributed by atoms with Gasteiger partial charge in [-0.1, -0.05) is 18.7 Å². The molecule has 4 amide bonds. The number of nitrogens with one attached hydrogen (secondary N) is 3. The van der Waals surface area contributed by atoms with Crippen molar-refractivity contribution in [2.75, 3.05) is 6.79 Å². The van der Waals surface area contributed by atoms with Crippen LogP contribution in [0.3, 0.4) is 0 Å². The topological polar surface area (TPSA) is 170 Å². The van der Waals surface area contributed by atoms with Gasteiger partial charge in [0, 0.05) is 36.7 Å². The zero-order valence-corrected chi connectivity index (χ0v) is 25.3. The van der Waals surface area contributed by atoms with Crippen molar-refractivity contribution in [1.29, 1.82) is 0 Å². The number of aromatic nitrogens is 4. The molecule has 0 radical (unpaired) electrons. The van der Waals surface area contributed by atoms with Crippen molar-refractivity contribution in [1.82, 2.24) is 41.1 Å². The predicted molar refractivity (Wildman–Crippen MR) is 159 cm³/mol. The van der Waals surface area contributed by atoms with Crippen LogP contribution in [0, 0.1) is 0 Å². The van der Waals surface area contributed by atoms with Gasteiger partial charge >= 0.3 is 0 Å². The molecule has 2 aromatic carbocycles. The third kappa shape index (κ3) is 5.88. The first kappa shape index (κ1) is 29.9. The first-order valence-electron chi connectivity index (χ1n) is 14.6. The molecule has 3 aliphatic heterocycles. The van der Waals surface area contributed by atoms with E-state index in [4.69, 9.17) is 9.47 Å². The number of tetrazole rings is 1. The Morgan fingerprint density at radius 3 is 2.71 bits per heavy atom. The number of piperidine rings is 1. The summed E-state index contributed by atoms with van der Waals surface area (Å²) >= 11 is 0. The van der Waals surface area contributed by atoms with Gasteiger partial charge in [-0.05, 0) is 79.4 Å². The summed E-state index contributed by atoms with van der Waals surface area (Å²) < 4.78 is 12.6. The Bertz CT molecular complexity index is 1720. The molecular formula is C31H34N8O6. The molecule has 3 N–H and O–H groups in total. The van der Waals surface area contributed by atoms with Gasteiger partial charge in [0.05, 0.1) is 11.2 Å². The van der Waals surface area contributed by atoms with Crippen LogP contribution in [0.4, 0.5) is 0 Å². The Hall–Kier alpha value is -5.11. The second kappa shape index (κ2) is 11.4. The molecule has 2 atom stereocenters. The van der Waals surface area contributed by atoms with Crippen LogP contribution in [0.1, 0.15) is 67.3 Å². The van der Waals surface area contributed by atoms with Crippen molar-refractivity contribution in [3.8, 4) is 17.2 Å². The van der Waals surface area contributed by atoms with Crippen LogP contribution >= 0.6 is 0 Å². The van der Waals surface area contributed by atoms with E-state index in [1.165, 1.54) is 11.0 Å². The maximum absolute atomic E-state index is 13.4. The Labute approximate surface area is 259 Å². The molecule has 6 rings (SSSR count). The van der Waals surface area contributed by atoms with E-state index in [2.05, 4.69) is 38.1 Å². The van der Waals surface area contributed by atoms with E-state index in [9.17, 15) is 19.2 Å². The summed E-state index contributed by atoms with van der Waals surface area (Å²) in [5, 5.41) is 21.6. The van der Waals surface area contributed by atoms with E-state index in [1.54, 1.807) is 16.8 Å². The standard InChI is InChI=1S/C31H34N8O6/c1-5-25(40)34-30(2,3)16-31(4,29-35-36-37-39(29)20-8-10-23-24(13-20)45-17-44-23)32-14-18-6-7-19-15-38(28(43)21(19)12-18)22-9-11-26(41)33-27(22)42/h5-8,10,12-13,22,32H,1,9,11,14-17H2,2-4H3,(H,34,40)(H,33,41,42). The third-order valence-electron chi connectivity index (χ3n) is 8.28. The van der Waals surface area contributed by atoms with Gasteiger partial charge in [0.2, 0.25) is 24.5 Å². The maximum atomic E-state index is 13.4. The lowest BCUT2D eigenvalue weighted by Crippen LogP contribution is -2.52. The van der Waals surface area contributed by atoms with E-state index in [-0.39, 0.29) is 30.9 Å². The van der Waals surface area contributed by atoms with E-state index >= 15 is 0 Å². The minimum Gasteiger partial charge on any atom is -0.454 e. The van der Waals surface area contributed by atoms with Crippen molar-refractivity contribution in [3.05, 3.63) is 71.6 Å². The molecule has 3 aliphatic rings. The minimum atomic E-state index is -0.903. The van der Waals surface area contributed by atoms with E-state index in [0.29, 0.717) is 54.5 Å². The average Bonchev–Trinajstić information content (AvgIpc) is 3.75. The van der Waals surface area contributed by atoms with Gasteiger partial charge in [0.25, 0.3) is 5.91 Å². The normalized spacial score (nSPS) is 18.8. The SMILES string of the molecule is C=CC(=O)NC(C)(C)CC(C)(NCc1ccc2c(c1)C(=O)N(C1CCC(=O)NC1=O)C2)c1nnnn1-c1ccc2c(c1)OCO2. The van der Waals surface area contributed by atoms with Crippen molar-refractivity contribution in [2.24, 2.45) is 0 Å². The quantitative estimate of drug-likeness (QED) is 0.225. The van der Waals surface area contributed by atoms with Crippen LogP contribution in [0.5, 0.6) is 11.5 Å². The number of benzene rings is 2. The average molecular weight is 615 g/mol. The summed E-state index contributed by atoms with van der Waals surface area (Å²) in [7, 11) is 0. The van der Waals surface area contributed by atoms with Crippen molar-refractivity contribution < 1.29 is 28.7 Å². The highest BCUT2D eigenvalue weighted by atomic mass is 16.7. The molecule has 0 aliphatic carbocycles. The smallest absolute Gasteiger partial charge is 0.255 e. The number of hydrogen-bond acceptors (Lipinski definition) is 10. The number of ether oxygens (including phenoxy) is 2. The van der Waals surface area contributed by atoms with Gasteiger partial charge in [0.15, 0.2) is 17.3 Å². The van der Waals surface area contributed by atoms with Gasteiger partial charge in [-0.25, -0.2) is 0 Å². The number of imide groups is 1. The Kier molecular flexibility index (Phi) is 7.60. The molecule has 3 aromatic rings. The highest BCUT2D eigenvalue weighted by Gasteiger charge is 2.41. The second-order valence-corrected chi connectivity index (χ2v) is 12.3. The number of nitrogens with zero attached hydrogens (tertiary/aromatic N) is 5. The Balaban J connectivity index is 1.27. The highest BCUT2D eigenvalue weighted by molar-refractivity contribution is 6.05. The van der Waals surface area contributed by atoms with Crippen molar-refractivity contribution in [2.45, 2.75) is 70.2 Å². The van der Waals surface area contributed by atoms with Gasteiger partial charge < -0.3 is 25.0 Å². The van der Waals surface area contributed by atoms with Crippen LogP contribution in [0.15, 0.2) is 49.1 Å². The zero-order chi connectivity index (χ0) is 31.9. The summed E-state index contributed by atoms with van der Waals surface area (Å²) in [6.07, 6.45) is 2.09. The van der Waals surface area contributed by atoms with Gasteiger partial charge in [-0.3, -0.25) is 24.5 Å². The van der Waals surface area contributed by atoms with Crippen molar-refractivity contribution >= 4 is 23.6 Å². The lowest BCUT2D eigenvalue weighted by Gasteiger charge is -2.38. The van der Waals surface area contributed by atoms with E-state index in [0.717, 1.165) is 11.1 Å². The summed E-state index contributed by atoms with van der Waals surface area (Å²) in [5.41, 5.74) is 1.21. The molecule has 0 spiro atoms. The molecule has 4 heterocycles. The lowest BCUT2D eigenvalue weighted by molar-refractivity contribution is -0.137. The second-order valence-electron chi connectivity index (χ2n) is 12.3. The molecule has 14 nitrogen and oxygen atoms in total. The molecule has 0 bridgehead atoms. The fourth-order valence-corrected chi connectivity index (χ4v) is 6.26. The highest BCUT2D eigenvalue weighted by Crippen LogP contribution is 2.36. The number of carbonyl (C=O) groups is 4. The van der Waals surface area contributed by atoms with Crippen molar-refractivity contribution in [3.63, 3.8) is 0 Å². The molecule has 234 valence electrons. The summed E-state index contributed by atoms with van der Waals surface area (Å²) in [4.78, 5) is 51.3. The molecule has 45 heavy (non-hydrogen) atoms. The number of hydrogen-bond donors (Lipinski definition) is 3. The minimum absolute atomic E-state index is 0.131. The molecule has 0 saturated carbocycles. The largest absolute Gasteiger partial charge is 0.454 e. The molecule has 1 saturated heterocycles. The van der Waals surface area contributed by atoms with Crippen LogP contribution in [-0.4, -0.2) is 67.1 Å². The van der Waals surface area contributed by atoms with E-state index in [1.807, 2.05) is 45.0 Å². The summed E-state index contributed by atoms with van der Waals surface area (Å²) in [6.45, 7) is 10.1. The predicted octanol–water partition coefficient (Wildman–Crippen LogP) is 1.63. The first-order chi connectivity index (χ1) is 21.5. The lowest BCUT2D eigenvalue weighted by atomic mass is 9.84. The van der Waals surface area contributed by atoms with Crippen LogP contribution < -0.4 is 25.4 Å². The van der Waals surface area contributed by atoms with Gasteiger partial charge in [0.1, 0.15) is 6.04 Å². The number of rotatable bonds is 10. The molecule has 1 aromatic heterocycles. The first-order valence-corrected chi connectivity index (χ1v) is 14.6. The number of fused-ring (bicyclic) bond motifs is 2. The fraction of sp³-hybridized carbons (Fsp3) is 0.387. The molecule has 2 unspecified atom stereocenters. The maximum Gasteiger partial charge on any atom is 0.255 e.